The molecule has 30 heavy (non-hydrogen) atoms. The molecule has 1 N–H and O–H groups in total. The van der Waals surface area contributed by atoms with Crippen LogP contribution < -0.4 is 8.92 Å². The number of carbonyl (C=O) groups is 1. The maximum atomic E-state index is 12.4. The topological polar surface area (TPSA) is 156 Å². The Hall–Kier alpha value is -2.42. The number of carbonyl (C=O) groups excluding carboxylic acids is 1. The fourth-order valence-electron chi connectivity index (χ4n) is 2.46. The van der Waals surface area contributed by atoms with Gasteiger partial charge in [-0.25, -0.2) is 13.3 Å². The predicted molar refractivity (Wildman–Crippen MR) is 113 cm³/mol. The van der Waals surface area contributed by atoms with Crippen molar-refractivity contribution in [1.29, 1.82) is 5.41 Å². The number of amides is 1. The average molecular weight is 493 g/mol. The number of fused-ring (bicyclic) bond motifs is 1. The molecule has 15 heteroatoms. The van der Waals surface area contributed by atoms with E-state index < -0.39 is 36.9 Å². The monoisotopic (exact) mass is 492 g/mol. The molecule has 0 saturated heterocycles. The van der Waals surface area contributed by atoms with Gasteiger partial charge in [-0.3, -0.25) is 10.2 Å². The van der Waals surface area contributed by atoms with Crippen LogP contribution in [0.25, 0.3) is 6.08 Å². The van der Waals surface area contributed by atoms with Crippen molar-refractivity contribution in [2.45, 2.75) is 0 Å². The Morgan fingerprint density at radius 1 is 1.23 bits per heavy atom. The minimum atomic E-state index is -3.88. The number of hydrogen-bond donors (Lipinski definition) is 1. The molecule has 0 saturated carbocycles. The third-order valence-electron chi connectivity index (χ3n) is 3.62. The fraction of sp³-hybridized carbons (Fsp3) is 0.200. The highest BCUT2D eigenvalue weighted by molar-refractivity contribution is 8.16. The van der Waals surface area contributed by atoms with Gasteiger partial charge in [0.05, 0.1) is 35.9 Å². The maximum absolute atomic E-state index is 12.4. The van der Waals surface area contributed by atoms with E-state index in [4.69, 9.17) is 25.9 Å². The molecule has 0 bridgehead atoms. The molecule has 0 atom stereocenters. The normalized spacial score (nSPS) is 18.3. The highest BCUT2D eigenvalue weighted by atomic mass is 35.5. The summed E-state index contributed by atoms with van der Waals surface area (Å²) in [5, 5.41) is 7.72. The van der Waals surface area contributed by atoms with E-state index in [0.717, 1.165) is 17.4 Å². The number of amidine groups is 3. The first-order valence-corrected chi connectivity index (χ1v) is 12.6. The Bertz CT molecular complexity index is 1280. The Labute approximate surface area is 181 Å². The second kappa shape index (κ2) is 7.68. The van der Waals surface area contributed by atoms with E-state index in [-0.39, 0.29) is 32.8 Å². The molecular formula is C15H13ClN4O7S3. The molecule has 2 aliphatic rings. The van der Waals surface area contributed by atoms with Gasteiger partial charge in [0, 0.05) is 6.26 Å². The third-order valence-corrected chi connectivity index (χ3v) is 6.13. The van der Waals surface area contributed by atoms with Gasteiger partial charge in [0.1, 0.15) is 5.84 Å². The van der Waals surface area contributed by atoms with Crippen LogP contribution in [0.15, 0.2) is 27.1 Å². The molecule has 1 aromatic carbocycles. The van der Waals surface area contributed by atoms with Crippen molar-refractivity contribution in [3.8, 4) is 11.5 Å². The quantitative estimate of drug-likeness (QED) is 0.371. The van der Waals surface area contributed by atoms with Crippen molar-refractivity contribution in [3.05, 3.63) is 28.3 Å². The highest BCUT2D eigenvalue weighted by Crippen LogP contribution is 2.38. The van der Waals surface area contributed by atoms with Crippen LogP contribution in [-0.2, 0) is 24.7 Å². The molecule has 0 fully saturated rings. The largest absolute Gasteiger partial charge is 0.493 e. The second-order valence-corrected chi connectivity index (χ2v) is 10.6. The fourth-order valence-corrected chi connectivity index (χ4v) is 5.08. The molecule has 0 spiro atoms. The van der Waals surface area contributed by atoms with Crippen molar-refractivity contribution in [3.63, 3.8) is 0 Å². The van der Waals surface area contributed by atoms with Crippen LogP contribution in [0.3, 0.4) is 0 Å². The summed E-state index contributed by atoms with van der Waals surface area (Å²) in [6, 6.07) is 2.63. The number of nitrogens with one attached hydrogen (secondary N) is 1. The van der Waals surface area contributed by atoms with Crippen LogP contribution in [0, 0.1) is 5.41 Å². The number of methoxy groups -OCH3 is 1. The second-order valence-electron chi connectivity index (χ2n) is 6.00. The first-order chi connectivity index (χ1) is 13.8. The molecule has 1 amide bonds. The Kier molecular flexibility index (Phi) is 5.70. The van der Waals surface area contributed by atoms with E-state index in [1.165, 1.54) is 25.3 Å². The molecule has 11 nitrogen and oxygen atoms in total. The molecule has 160 valence electrons. The lowest BCUT2D eigenvalue weighted by Gasteiger charge is -2.23. The summed E-state index contributed by atoms with van der Waals surface area (Å²) in [5.41, 5.74) is 0.0293. The van der Waals surface area contributed by atoms with Crippen LogP contribution in [0.5, 0.6) is 11.5 Å². The molecule has 2 aliphatic heterocycles. The van der Waals surface area contributed by atoms with Crippen LogP contribution >= 0.6 is 23.5 Å². The van der Waals surface area contributed by atoms with Crippen molar-refractivity contribution in [2.75, 3.05) is 19.6 Å². The summed E-state index contributed by atoms with van der Waals surface area (Å²) in [5.74, 6) is -1.49. The molecule has 1 aromatic rings. The SMILES string of the molecule is COc1cc(C=C2C(=N)N3C(=NC2=O)SN=C3S(C)(=O)=O)cc(Cl)c1OS(C)(=O)=O. The predicted octanol–water partition coefficient (Wildman–Crippen LogP) is 1.31. The van der Waals surface area contributed by atoms with Crippen LogP contribution in [0.4, 0.5) is 0 Å². The number of sulfone groups is 1. The van der Waals surface area contributed by atoms with Crippen LogP contribution in [0.2, 0.25) is 5.02 Å². The first-order valence-electron chi connectivity index (χ1n) is 7.77. The van der Waals surface area contributed by atoms with Crippen molar-refractivity contribution in [1.82, 2.24) is 4.90 Å². The van der Waals surface area contributed by atoms with Crippen molar-refractivity contribution >= 4 is 71.7 Å². The molecule has 0 unspecified atom stereocenters. The molecular weight excluding hydrogens is 480 g/mol. The summed E-state index contributed by atoms with van der Waals surface area (Å²) in [4.78, 5) is 17.1. The Morgan fingerprint density at radius 3 is 2.47 bits per heavy atom. The minimum Gasteiger partial charge on any atom is -0.493 e. The van der Waals surface area contributed by atoms with Gasteiger partial charge in [0.15, 0.2) is 5.75 Å². The smallest absolute Gasteiger partial charge is 0.306 e. The molecule has 0 aliphatic carbocycles. The number of ether oxygens (including phenoxy) is 1. The summed E-state index contributed by atoms with van der Waals surface area (Å²) in [6.07, 6.45) is 3.01. The van der Waals surface area contributed by atoms with Crippen LogP contribution in [0.1, 0.15) is 5.56 Å². The van der Waals surface area contributed by atoms with Gasteiger partial charge in [0.2, 0.25) is 25.9 Å². The third kappa shape index (κ3) is 4.35. The number of rotatable bonds is 4. The van der Waals surface area contributed by atoms with Gasteiger partial charge in [-0.1, -0.05) is 11.6 Å². The van der Waals surface area contributed by atoms with E-state index in [0.29, 0.717) is 11.9 Å². The molecule has 2 heterocycles. The number of aliphatic imine (C=N–C) groups is 1. The lowest BCUT2D eigenvalue weighted by molar-refractivity contribution is -0.114. The van der Waals surface area contributed by atoms with Gasteiger partial charge >= 0.3 is 10.1 Å². The number of benzene rings is 1. The lowest BCUT2D eigenvalue weighted by Crippen LogP contribution is -2.45. The van der Waals surface area contributed by atoms with E-state index in [9.17, 15) is 21.6 Å². The van der Waals surface area contributed by atoms with E-state index in [1.807, 2.05) is 0 Å². The average Bonchev–Trinajstić information content (AvgIpc) is 3.03. The molecule has 0 aromatic heterocycles. The van der Waals surface area contributed by atoms with E-state index in [1.54, 1.807) is 0 Å². The first kappa shape index (κ1) is 22.3. The Morgan fingerprint density at radius 2 is 1.90 bits per heavy atom. The van der Waals surface area contributed by atoms with Crippen molar-refractivity contribution < 1.29 is 30.6 Å². The van der Waals surface area contributed by atoms with Gasteiger partial charge < -0.3 is 8.92 Å². The zero-order valence-corrected chi connectivity index (χ0v) is 18.7. The minimum absolute atomic E-state index is 0.0335. The number of halogens is 1. The standard InChI is InChI=1S/C15H13ClN4O7S3/c1-26-10-6-7(5-9(16)11(10)27-30(3,24)25)4-8-12(17)20-14(18-13(8)21)28-19-15(20)29(2,22)23/h4-6,17H,1-3H3. The zero-order chi connectivity index (χ0) is 22.4. The van der Waals surface area contributed by atoms with Gasteiger partial charge in [0.25, 0.3) is 5.91 Å². The molecule has 0 radical (unpaired) electrons. The summed E-state index contributed by atoms with van der Waals surface area (Å²) in [6.45, 7) is 0. The van der Waals surface area contributed by atoms with Crippen molar-refractivity contribution in [2.24, 2.45) is 9.39 Å². The molecule has 3 rings (SSSR count). The maximum Gasteiger partial charge on any atom is 0.306 e. The van der Waals surface area contributed by atoms with E-state index >= 15 is 0 Å². The number of hydrogen-bond acceptors (Lipinski definition) is 10. The summed E-state index contributed by atoms with van der Waals surface area (Å²) < 4.78 is 60.4. The zero-order valence-electron chi connectivity index (χ0n) is 15.5. The summed E-state index contributed by atoms with van der Waals surface area (Å²) >= 11 is 6.78. The highest BCUT2D eigenvalue weighted by Gasteiger charge is 2.41. The lowest BCUT2D eigenvalue weighted by atomic mass is 10.1. The number of nitrogens with zero attached hydrogens (tertiary/aromatic N) is 3. The van der Waals surface area contributed by atoms with Gasteiger partial charge in [-0.05, 0) is 23.8 Å². The Balaban J connectivity index is 2.07. The van der Waals surface area contributed by atoms with Gasteiger partial charge in [-0.15, -0.1) is 0 Å². The summed E-state index contributed by atoms with van der Waals surface area (Å²) in [7, 11) is -6.40. The van der Waals surface area contributed by atoms with E-state index in [2.05, 4.69) is 9.39 Å². The van der Waals surface area contributed by atoms with Crippen LogP contribution in [-0.4, -0.2) is 63.4 Å². The van der Waals surface area contributed by atoms with Gasteiger partial charge in [-0.2, -0.15) is 17.8 Å².